The van der Waals surface area contributed by atoms with Gasteiger partial charge >= 0.3 is 5.97 Å². The molecule has 2 aromatic rings. The molecule has 1 atom stereocenters. The van der Waals surface area contributed by atoms with Crippen molar-refractivity contribution in [1.82, 2.24) is 0 Å². The van der Waals surface area contributed by atoms with E-state index in [0.717, 1.165) is 16.9 Å². The summed E-state index contributed by atoms with van der Waals surface area (Å²) in [5, 5.41) is 10.7. The third kappa shape index (κ3) is 6.93. The molecule has 0 radical (unpaired) electrons. The quantitative estimate of drug-likeness (QED) is 0.295. The van der Waals surface area contributed by atoms with E-state index in [-0.39, 0.29) is 36.9 Å². The van der Waals surface area contributed by atoms with Gasteiger partial charge in [0.25, 0.3) is 0 Å². The van der Waals surface area contributed by atoms with Crippen molar-refractivity contribution in [3.63, 3.8) is 0 Å². The third-order valence-corrected chi connectivity index (χ3v) is 4.11. The zero-order valence-electron chi connectivity index (χ0n) is 17.7. The standard InChI is InChI=1S/C22H29N3O4.ClH/c1-5-28-22(26)20(25-18-9-6-15(7-10-18)21(23)24)16-8-11-19(29-14(2)3)17(12-16)13-27-4;/h6-12,14,20,25H,5,13H2,1-4H3,(H3,23,24);1H. The topological polar surface area (TPSA) is 107 Å². The summed E-state index contributed by atoms with van der Waals surface area (Å²) in [4.78, 5) is 12.7. The molecular formula is C22H30ClN3O4. The number of methoxy groups -OCH3 is 1. The van der Waals surface area contributed by atoms with Crippen LogP contribution in [0.4, 0.5) is 5.69 Å². The van der Waals surface area contributed by atoms with Gasteiger partial charge in [0.1, 0.15) is 11.6 Å². The number of benzene rings is 2. The van der Waals surface area contributed by atoms with E-state index in [1.165, 1.54) is 0 Å². The summed E-state index contributed by atoms with van der Waals surface area (Å²) in [6.07, 6.45) is 0.0234. The predicted molar refractivity (Wildman–Crippen MR) is 121 cm³/mol. The number of carbonyl (C=O) groups is 1. The molecule has 0 saturated carbocycles. The minimum absolute atomic E-state index is 0. The van der Waals surface area contributed by atoms with Crippen LogP contribution in [0.25, 0.3) is 0 Å². The van der Waals surface area contributed by atoms with Gasteiger partial charge in [0.15, 0.2) is 6.04 Å². The number of anilines is 1. The fraction of sp³-hybridized carbons (Fsp3) is 0.364. The molecule has 0 aliphatic rings. The Balaban J connectivity index is 0.00000450. The van der Waals surface area contributed by atoms with Crippen molar-refractivity contribution in [3.05, 3.63) is 59.2 Å². The first-order valence-electron chi connectivity index (χ1n) is 9.51. The van der Waals surface area contributed by atoms with E-state index in [1.54, 1.807) is 38.3 Å². The minimum Gasteiger partial charge on any atom is -0.491 e. The van der Waals surface area contributed by atoms with Gasteiger partial charge in [-0.1, -0.05) is 6.07 Å². The van der Waals surface area contributed by atoms with Crippen molar-refractivity contribution in [2.45, 2.75) is 39.5 Å². The van der Waals surface area contributed by atoms with Gasteiger partial charge in [0, 0.05) is 23.9 Å². The second-order valence-corrected chi connectivity index (χ2v) is 6.79. The van der Waals surface area contributed by atoms with Crippen LogP contribution in [0.1, 0.15) is 43.5 Å². The molecule has 2 aromatic carbocycles. The van der Waals surface area contributed by atoms with E-state index in [4.69, 9.17) is 25.4 Å². The summed E-state index contributed by atoms with van der Waals surface area (Å²) >= 11 is 0. The molecule has 0 spiro atoms. The van der Waals surface area contributed by atoms with Crippen molar-refractivity contribution in [2.24, 2.45) is 5.73 Å². The van der Waals surface area contributed by atoms with Gasteiger partial charge < -0.3 is 25.3 Å². The molecule has 0 saturated heterocycles. The van der Waals surface area contributed by atoms with Crippen molar-refractivity contribution in [1.29, 1.82) is 5.41 Å². The Bertz CT molecular complexity index is 841. The Labute approximate surface area is 183 Å². The van der Waals surface area contributed by atoms with Gasteiger partial charge in [-0.25, -0.2) is 4.79 Å². The number of rotatable bonds is 10. The van der Waals surface area contributed by atoms with E-state index >= 15 is 0 Å². The molecular weight excluding hydrogens is 406 g/mol. The molecule has 30 heavy (non-hydrogen) atoms. The summed E-state index contributed by atoms with van der Waals surface area (Å²) in [6, 6.07) is 11.9. The van der Waals surface area contributed by atoms with E-state index in [0.29, 0.717) is 17.9 Å². The van der Waals surface area contributed by atoms with Crippen molar-refractivity contribution in [3.8, 4) is 5.75 Å². The highest BCUT2D eigenvalue weighted by molar-refractivity contribution is 5.95. The van der Waals surface area contributed by atoms with E-state index in [1.807, 2.05) is 32.0 Å². The maximum absolute atomic E-state index is 12.7. The highest BCUT2D eigenvalue weighted by Crippen LogP contribution is 2.28. The molecule has 1 unspecified atom stereocenters. The first-order valence-corrected chi connectivity index (χ1v) is 9.51. The number of ether oxygens (including phenoxy) is 3. The smallest absolute Gasteiger partial charge is 0.333 e. The van der Waals surface area contributed by atoms with Crippen molar-refractivity contribution in [2.75, 3.05) is 19.0 Å². The van der Waals surface area contributed by atoms with Crippen LogP contribution in [-0.4, -0.2) is 31.6 Å². The number of carbonyl (C=O) groups excluding carboxylic acids is 1. The van der Waals surface area contributed by atoms with Gasteiger partial charge in [-0.3, -0.25) is 5.41 Å². The molecule has 0 aromatic heterocycles. The number of amidine groups is 1. The van der Waals surface area contributed by atoms with E-state index in [9.17, 15) is 4.79 Å². The first-order chi connectivity index (χ1) is 13.8. The van der Waals surface area contributed by atoms with Gasteiger partial charge in [-0.05, 0) is 62.7 Å². The largest absolute Gasteiger partial charge is 0.491 e. The highest BCUT2D eigenvalue weighted by atomic mass is 35.5. The molecule has 0 aliphatic carbocycles. The van der Waals surface area contributed by atoms with Crippen molar-refractivity contribution >= 4 is 29.9 Å². The van der Waals surface area contributed by atoms with Gasteiger partial charge in [-0.2, -0.15) is 0 Å². The number of nitrogens with two attached hydrogens (primary N) is 1. The summed E-state index contributed by atoms with van der Waals surface area (Å²) in [6.45, 7) is 6.32. The highest BCUT2D eigenvalue weighted by Gasteiger charge is 2.23. The Morgan fingerprint density at radius 3 is 2.37 bits per heavy atom. The first kappa shape index (κ1) is 25.3. The number of hydrogen-bond acceptors (Lipinski definition) is 6. The van der Waals surface area contributed by atoms with Gasteiger partial charge in [-0.15, -0.1) is 12.4 Å². The second kappa shape index (κ2) is 12.0. The van der Waals surface area contributed by atoms with Crippen LogP contribution in [0.15, 0.2) is 42.5 Å². The average molecular weight is 436 g/mol. The summed E-state index contributed by atoms with van der Waals surface area (Å²) in [5.74, 6) is 0.325. The molecule has 7 nitrogen and oxygen atoms in total. The number of nitrogen functional groups attached to an aromatic ring is 1. The van der Waals surface area contributed by atoms with Crippen LogP contribution in [0.3, 0.4) is 0 Å². The zero-order valence-corrected chi connectivity index (χ0v) is 18.5. The lowest BCUT2D eigenvalue weighted by Crippen LogP contribution is -2.24. The zero-order chi connectivity index (χ0) is 21.4. The molecule has 0 bridgehead atoms. The van der Waals surface area contributed by atoms with Crippen LogP contribution < -0.4 is 15.8 Å². The fourth-order valence-electron chi connectivity index (χ4n) is 2.83. The van der Waals surface area contributed by atoms with Crippen LogP contribution in [0.2, 0.25) is 0 Å². The average Bonchev–Trinajstić information content (AvgIpc) is 2.68. The Kier molecular flexibility index (Phi) is 10.1. The molecule has 0 amide bonds. The van der Waals surface area contributed by atoms with Crippen molar-refractivity contribution < 1.29 is 19.0 Å². The van der Waals surface area contributed by atoms with Crippen LogP contribution in [0.5, 0.6) is 5.75 Å². The van der Waals surface area contributed by atoms with E-state index < -0.39 is 6.04 Å². The lowest BCUT2D eigenvalue weighted by atomic mass is 10.0. The number of esters is 1. The van der Waals surface area contributed by atoms with Crippen LogP contribution >= 0.6 is 12.4 Å². The Morgan fingerprint density at radius 1 is 1.17 bits per heavy atom. The normalized spacial score (nSPS) is 11.4. The van der Waals surface area contributed by atoms with Crippen LogP contribution in [0, 0.1) is 5.41 Å². The molecule has 8 heteroatoms. The SMILES string of the molecule is CCOC(=O)C(Nc1ccc(C(=N)N)cc1)c1ccc(OC(C)C)c(COC)c1.Cl. The number of halogens is 1. The molecule has 4 N–H and O–H groups in total. The minimum atomic E-state index is -0.707. The van der Waals surface area contributed by atoms with Gasteiger partial charge in [0.2, 0.25) is 0 Å². The second-order valence-electron chi connectivity index (χ2n) is 6.79. The molecule has 0 aliphatic heterocycles. The maximum atomic E-state index is 12.7. The molecule has 2 rings (SSSR count). The Hall–Kier alpha value is -2.77. The predicted octanol–water partition coefficient (Wildman–Crippen LogP) is 4.04. The van der Waals surface area contributed by atoms with E-state index in [2.05, 4.69) is 5.32 Å². The lowest BCUT2D eigenvalue weighted by molar-refractivity contribution is -0.144. The molecule has 164 valence electrons. The van der Waals surface area contributed by atoms with Gasteiger partial charge in [0.05, 0.1) is 19.3 Å². The molecule has 0 fully saturated rings. The maximum Gasteiger partial charge on any atom is 0.333 e. The molecule has 0 heterocycles. The monoisotopic (exact) mass is 435 g/mol. The summed E-state index contributed by atoms with van der Waals surface area (Å²) in [7, 11) is 1.61. The Morgan fingerprint density at radius 2 is 1.83 bits per heavy atom. The summed E-state index contributed by atoms with van der Waals surface area (Å²) < 4.78 is 16.4. The van der Waals surface area contributed by atoms with Crippen LogP contribution in [-0.2, 0) is 20.9 Å². The summed E-state index contributed by atoms with van der Waals surface area (Å²) in [5.41, 5.74) is 8.41. The fourth-order valence-corrected chi connectivity index (χ4v) is 2.83. The third-order valence-electron chi connectivity index (χ3n) is 4.11. The number of nitrogens with one attached hydrogen (secondary N) is 2. The number of hydrogen-bond donors (Lipinski definition) is 3. The lowest BCUT2D eigenvalue weighted by Gasteiger charge is -2.21.